The largest absolute Gasteiger partial charge is 0.504 e. The molecule has 10 atom stereocenters. The van der Waals surface area contributed by atoms with E-state index in [1.807, 2.05) is 36.4 Å². The number of nitrogens with one attached hydrogen (secondary N) is 2. The molecule has 10 nitrogen and oxygen atoms in total. The van der Waals surface area contributed by atoms with E-state index < -0.39 is 18.3 Å². The molecule has 61 heavy (non-hydrogen) atoms. The van der Waals surface area contributed by atoms with E-state index in [0.29, 0.717) is 42.9 Å². The molecule has 2 heterocycles. The van der Waals surface area contributed by atoms with Gasteiger partial charge in [-0.15, -0.1) is 0 Å². The van der Waals surface area contributed by atoms with Crippen LogP contribution in [0.1, 0.15) is 140 Å². The van der Waals surface area contributed by atoms with Gasteiger partial charge < -0.3 is 50.7 Å². The number of rotatable bonds is 18. The van der Waals surface area contributed by atoms with Crippen LogP contribution in [0.4, 0.5) is 0 Å². The smallest absolute Gasteiger partial charge is 0.161 e. The van der Waals surface area contributed by atoms with Gasteiger partial charge in [0.1, 0.15) is 24.2 Å². The van der Waals surface area contributed by atoms with Crippen LogP contribution in [0.25, 0.3) is 6.08 Å². The number of aliphatic hydroxyl groups is 4. The number of H-pyrrole nitrogens is 1. The average molecular weight is 836 g/mol. The van der Waals surface area contributed by atoms with Crippen molar-refractivity contribution in [3.8, 4) is 11.5 Å². The lowest BCUT2D eigenvalue weighted by Gasteiger charge is -2.40. The number of nitrogens with two attached hydrogens (primary N) is 1. The van der Waals surface area contributed by atoms with Crippen LogP contribution < -0.4 is 15.8 Å². The van der Waals surface area contributed by atoms with E-state index in [1.54, 1.807) is 13.0 Å². The van der Waals surface area contributed by atoms with E-state index in [4.69, 9.17) is 14.9 Å². The Hall–Kier alpha value is -3.90. The first-order valence-corrected chi connectivity index (χ1v) is 23.3. The predicted molar refractivity (Wildman–Crippen MR) is 238 cm³/mol. The molecule has 10 heteroatoms. The van der Waals surface area contributed by atoms with Crippen molar-refractivity contribution in [1.82, 2.24) is 10.3 Å². The van der Waals surface area contributed by atoms with Gasteiger partial charge in [-0.2, -0.15) is 0 Å². The van der Waals surface area contributed by atoms with Crippen LogP contribution in [-0.2, 0) is 32.3 Å². The predicted octanol–water partition coefficient (Wildman–Crippen LogP) is 7.95. The summed E-state index contributed by atoms with van der Waals surface area (Å²) in [5.74, 6) is 4.63. The first-order valence-electron chi connectivity index (χ1n) is 23.3. The lowest BCUT2D eigenvalue weighted by atomic mass is 9.68. The third-order valence-electron chi connectivity index (χ3n) is 14.7. The number of aromatic nitrogens is 1. The topological polar surface area (TPSA) is 177 Å². The van der Waals surface area contributed by atoms with Gasteiger partial charge in [0, 0.05) is 60.8 Å². The lowest BCUT2D eigenvalue weighted by Crippen LogP contribution is -2.42. The molecule has 4 aromatic rings. The number of phenols is 1. The zero-order valence-corrected chi connectivity index (χ0v) is 36.0. The van der Waals surface area contributed by atoms with Gasteiger partial charge in [0.05, 0.1) is 18.8 Å². The molecule has 2 aromatic heterocycles. The number of hydrogen-bond donors (Lipinski definition) is 8. The summed E-state index contributed by atoms with van der Waals surface area (Å²) in [6, 6.07) is 17.6. The number of ether oxygens (including phenoxy) is 1. The van der Waals surface area contributed by atoms with Gasteiger partial charge >= 0.3 is 0 Å². The molecular weight excluding hydrogens is 767 g/mol. The van der Waals surface area contributed by atoms with E-state index >= 15 is 0 Å². The fourth-order valence-electron chi connectivity index (χ4n) is 11.4. The van der Waals surface area contributed by atoms with Gasteiger partial charge in [0.25, 0.3) is 0 Å². The highest BCUT2D eigenvalue weighted by Gasteiger charge is 2.39. The molecule has 0 aliphatic heterocycles. The van der Waals surface area contributed by atoms with Crippen molar-refractivity contribution < 1.29 is 34.7 Å². The number of aromatic hydroxyl groups is 1. The minimum absolute atomic E-state index is 0.000519. The zero-order valence-electron chi connectivity index (χ0n) is 36.0. The highest BCUT2D eigenvalue weighted by atomic mass is 16.5. The number of unbranched alkanes of at least 4 members (excludes halogenated alkanes) is 1. The third kappa shape index (κ3) is 10.3. The number of aromatic amines is 1. The second-order valence-electron chi connectivity index (χ2n) is 18.9. The number of furan rings is 1. The number of benzene rings is 2. The van der Waals surface area contributed by atoms with Gasteiger partial charge in [0.2, 0.25) is 0 Å². The maximum absolute atomic E-state index is 11.3. The Morgan fingerprint density at radius 3 is 2.66 bits per heavy atom. The van der Waals surface area contributed by atoms with Crippen LogP contribution >= 0.6 is 0 Å². The Kier molecular flexibility index (Phi) is 14.4. The zero-order chi connectivity index (χ0) is 42.5. The van der Waals surface area contributed by atoms with E-state index in [-0.39, 0.29) is 36.8 Å². The Balaban J connectivity index is 0.796. The molecule has 4 aliphatic carbocycles. The molecule has 2 fully saturated rings. The molecule has 0 saturated heterocycles. The van der Waals surface area contributed by atoms with Crippen molar-refractivity contribution in [2.75, 3.05) is 19.7 Å². The van der Waals surface area contributed by atoms with E-state index in [1.165, 1.54) is 30.5 Å². The number of hydrogen-bond acceptors (Lipinski definition) is 9. The van der Waals surface area contributed by atoms with Gasteiger partial charge in [-0.1, -0.05) is 74.6 Å². The van der Waals surface area contributed by atoms with Crippen LogP contribution in [0.5, 0.6) is 11.5 Å². The molecule has 0 bridgehead atoms. The normalized spacial score (nSPS) is 26.9. The van der Waals surface area contributed by atoms with E-state index in [2.05, 4.69) is 34.6 Å². The standard InChI is InChI=1S/C51H69N3O7/c1-31(56)27-53-28-43-38-11-6-9-34(38)17-21-45-42(43)26-46(54-45)48(58)30-60-50-24-33(15-22-47(50)57)13-18-37-25-36(29-55)49(61-37)12-5-2-7-32-14-19-40(44(52)23-32)41-20-16-35-8-3-4-10-39(35)51(41)59/h3-4,8,10,15-16,20,22,24-26,31-32,34,38,40-41,43-44,48,51,53-59H,2,5-7,9,11-14,17-19,21,23,27-30,52H2,1H3/t31-,32+,34+,38-,40-,41-,43-,44+,48-,51+/m0/s1. The van der Waals surface area contributed by atoms with E-state index in [0.717, 1.165) is 110 Å². The van der Waals surface area contributed by atoms with Gasteiger partial charge in [0.15, 0.2) is 11.5 Å². The molecular formula is C51H69N3O7. The number of aryl methyl sites for hydroxylation is 4. The summed E-state index contributed by atoms with van der Waals surface area (Å²) in [6.07, 6.45) is 16.8. The third-order valence-corrected chi connectivity index (χ3v) is 14.7. The van der Waals surface area contributed by atoms with Crippen LogP contribution in [0.15, 0.2) is 65.1 Å². The highest BCUT2D eigenvalue weighted by Crippen LogP contribution is 2.48. The molecule has 2 saturated carbocycles. The second-order valence-corrected chi connectivity index (χ2v) is 18.9. The Labute approximate surface area is 361 Å². The van der Waals surface area contributed by atoms with Crippen molar-refractivity contribution in [2.45, 2.75) is 134 Å². The maximum atomic E-state index is 11.3. The first kappa shape index (κ1) is 43.7. The SMILES string of the molecule is C[C@H](O)CNC[C@@H]1c2cc([C@@H](O)COc3cc(CCc4cc(CO)c(CCCC[C@@H]5CC[C@@H]([C@@H]6C=Cc7ccccc7[C@H]6O)[C@H](N)C5)o4)ccc3O)[nH]c2CC[C@H]2CCC[C@@H]21. The lowest BCUT2D eigenvalue weighted by molar-refractivity contribution is 0.0652. The molecule has 8 rings (SSSR count). The minimum atomic E-state index is -0.885. The van der Waals surface area contributed by atoms with Crippen LogP contribution in [0.3, 0.4) is 0 Å². The summed E-state index contributed by atoms with van der Waals surface area (Å²) >= 11 is 0. The number of aliphatic hydroxyl groups excluding tert-OH is 4. The van der Waals surface area contributed by atoms with Gasteiger partial charge in [-0.3, -0.25) is 0 Å². The van der Waals surface area contributed by atoms with Gasteiger partial charge in [-0.05, 0) is 122 Å². The van der Waals surface area contributed by atoms with Crippen LogP contribution in [0, 0.1) is 29.6 Å². The maximum Gasteiger partial charge on any atom is 0.161 e. The summed E-state index contributed by atoms with van der Waals surface area (Å²) in [5, 5.41) is 56.6. The summed E-state index contributed by atoms with van der Waals surface area (Å²) < 4.78 is 12.3. The quantitative estimate of drug-likeness (QED) is 0.0462. The molecule has 0 spiro atoms. The Bertz CT molecular complexity index is 2070. The summed E-state index contributed by atoms with van der Waals surface area (Å²) in [4.78, 5) is 3.54. The fraction of sp³-hybridized carbons (Fsp3) is 0.569. The highest BCUT2D eigenvalue weighted by molar-refractivity contribution is 5.58. The summed E-state index contributed by atoms with van der Waals surface area (Å²) in [5.41, 5.74) is 13.9. The van der Waals surface area contributed by atoms with Crippen molar-refractivity contribution in [3.05, 3.63) is 111 Å². The number of fused-ring (bicyclic) bond motifs is 3. The summed E-state index contributed by atoms with van der Waals surface area (Å²) in [7, 11) is 0. The van der Waals surface area contributed by atoms with Gasteiger partial charge in [-0.25, -0.2) is 0 Å². The van der Waals surface area contributed by atoms with Crippen molar-refractivity contribution in [1.29, 1.82) is 0 Å². The first-order chi connectivity index (χ1) is 29.6. The molecule has 9 N–H and O–H groups in total. The molecule has 4 aliphatic rings. The average Bonchev–Trinajstić information content (AvgIpc) is 4.00. The summed E-state index contributed by atoms with van der Waals surface area (Å²) in [6.45, 7) is 3.12. The Morgan fingerprint density at radius 1 is 0.951 bits per heavy atom. The second kappa shape index (κ2) is 20.1. The molecule has 0 unspecified atom stereocenters. The monoisotopic (exact) mass is 836 g/mol. The minimum Gasteiger partial charge on any atom is -0.504 e. The van der Waals surface area contributed by atoms with Crippen molar-refractivity contribution >= 4 is 6.08 Å². The van der Waals surface area contributed by atoms with Crippen molar-refractivity contribution in [3.63, 3.8) is 0 Å². The van der Waals surface area contributed by atoms with Crippen LogP contribution in [-0.4, -0.2) is 62.4 Å². The van der Waals surface area contributed by atoms with Crippen LogP contribution in [0.2, 0.25) is 0 Å². The van der Waals surface area contributed by atoms with Crippen molar-refractivity contribution in [2.24, 2.45) is 35.3 Å². The number of phenolic OH excluding ortho intramolecular Hbond substituents is 1. The fourth-order valence-corrected chi connectivity index (χ4v) is 11.4. The molecule has 330 valence electrons. The molecule has 0 amide bonds. The molecule has 2 aromatic carbocycles. The molecule has 0 radical (unpaired) electrons. The Morgan fingerprint density at radius 2 is 1.82 bits per heavy atom. The van der Waals surface area contributed by atoms with E-state index in [9.17, 15) is 25.5 Å².